The molecule has 2 aromatic rings. The van der Waals surface area contributed by atoms with E-state index in [2.05, 4.69) is 27.0 Å². The minimum absolute atomic E-state index is 0.572. The van der Waals surface area contributed by atoms with E-state index in [4.69, 9.17) is 4.74 Å². The summed E-state index contributed by atoms with van der Waals surface area (Å²) in [7, 11) is 0. The van der Waals surface area contributed by atoms with Crippen LogP contribution in [-0.4, -0.2) is 29.2 Å². The van der Waals surface area contributed by atoms with Crippen molar-refractivity contribution in [3.05, 3.63) is 42.5 Å². The molecular formula is C14H17N3O. The van der Waals surface area contributed by atoms with Gasteiger partial charge in [0.15, 0.2) is 0 Å². The Bertz CT molecular complexity index is 531. The zero-order valence-electron chi connectivity index (χ0n) is 10.5. The van der Waals surface area contributed by atoms with E-state index < -0.39 is 0 Å². The zero-order valence-corrected chi connectivity index (χ0v) is 10.5. The molecule has 0 radical (unpaired) electrons. The van der Waals surface area contributed by atoms with E-state index in [1.165, 1.54) is 5.69 Å². The molecule has 1 aliphatic rings. The second kappa shape index (κ2) is 4.82. The summed E-state index contributed by atoms with van der Waals surface area (Å²) in [6, 6.07) is 8.14. The van der Waals surface area contributed by atoms with Gasteiger partial charge in [-0.25, -0.2) is 4.98 Å². The Kier molecular flexibility index (Phi) is 3.02. The minimum Gasteiger partial charge on any atom is -0.494 e. The summed E-state index contributed by atoms with van der Waals surface area (Å²) in [5.74, 6) is 1.48. The standard InChI is InChI=1S/C14H17N3O/c1-2-18-13-5-3-4-12(6-13)17-10-16-9-14(17)11-7-15-8-11/h3-6,9-11,15H,2,7-8H2,1H3. The highest BCUT2D eigenvalue weighted by Crippen LogP contribution is 2.24. The highest BCUT2D eigenvalue weighted by molar-refractivity contribution is 5.41. The maximum atomic E-state index is 5.54. The van der Waals surface area contributed by atoms with E-state index in [1.54, 1.807) is 0 Å². The predicted molar refractivity (Wildman–Crippen MR) is 70.3 cm³/mol. The second-order valence-corrected chi connectivity index (χ2v) is 4.47. The highest BCUT2D eigenvalue weighted by atomic mass is 16.5. The molecule has 0 spiro atoms. The Morgan fingerprint density at radius 1 is 1.44 bits per heavy atom. The molecule has 18 heavy (non-hydrogen) atoms. The number of hydrogen-bond donors (Lipinski definition) is 1. The van der Waals surface area contributed by atoms with Gasteiger partial charge < -0.3 is 14.6 Å². The molecule has 0 bridgehead atoms. The zero-order chi connectivity index (χ0) is 12.4. The fourth-order valence-corrected chi connectivity index (χ4v) is 2.21. The molecule has 0 amide bonds. The molecule has 0 aliphatic carbocycles. The average molecular weight is 243 g/mol. The van der Waals surface area contributed by atoms with E-state index in [1.807, 2.05) is 31.6 Å². The summed E-state index contributed by atoms with van der Waals surface area (Å²) in [6.45, 7) is 4.76. The van der Waals surface area contributed by atoms with Crippen LogP contribution in [0.15, 0.2) is 36.8 Å². The third kappa shape index (κ3) is 1.99. The Morgan fingerprint density at radius 3 is 3.06 bits per heavy atom. The Morgan fingerprint density at radius 2 is 2.33 bits per heavy atom. The van der Waals surface area contributed by atoms with Crippen molar-refractivity contribution in [1.82, 2.24) is 14.9 Å². The fraction of sp³-hybridized carbons (Fsp3) is 0.357. The summed E-state index contributed by atoms with van der Waals surface area (Å²) >= 11 is 0. The van der Waals surface area contributed by atoms with Crippen molar-refractivity contribution in [3.63, 3.8) is 0 Å². The molecule has 0 unspecified atom stereocenters. The smallest absolute Gasteiger partial charge is 0.121 e. The summed E-state index contributed by atoms with van der Waals surface area (Å²) in [4.78, 5) is 4.27. The molecule has 4 heteroatoms. The van der Waals surface area contributed by atoms with Crippen molar-refractivity contribution in [3.8, 4) is 11.4 Å². The van der Waals surface area contributed by atoms with Crippen LogP contribution in [0.2, 0.25) is 0 Å². The number of aromatic nitrogens is 2. The highest BCUT2D eigenvalue weighted by Gasteiger charge is 2.22. The third-order valence-electron chi connectivity index (χ3n) is 3.27. The van der Waals surface area contributed by atoms with Crippen LogP contribution in [0.1, 0.15) is 18.5 Å². The summed E-state index contributed by atoms with van der Waals surface area (Å²) in [6.07, 6.45) is 3.83. The normalized spacial score (nSPS) is 15.4. The van der Waals surface area contributed by atoms with Gasteiger partial charge in [0, 0.05) is 37.0 Å². The molecule has 1 N–H and O–H groups in total. The van der Waals surface area contributed by atoms with Crippen molar-refractivity contribution in [2.75, 3.05) is 19.7 Å². The summed E-state index contributed by atoms with van der Waals surface area (Å²) in [5, 5.41) is 3.29. The first kappa shape index (κ1) is 11.3. The van der Waals surface area contributed by atoms with Gasteiger partial charge in [0.05, 0.1) is 18.6 Å². The fourth-order valence-electron chi connectivity index (χ4n) is 2.21. The van der Waals surface area contributed by atoms with Gasteiger partial charge in [-0.1, -0.05) is 6.07 Å². The Labute approximate surface area is 107 Å². The number of benzene rings is 1. The number of hydrogen-bond acceptors (Lipinski definition) is 3. The largest absolute Gasteiger partial charge is 0.494 e. The van der Waals surface area contributed by atoms with Crippen LogP contribution in [0.4, 0.5) is 0 Å². The number of imidazole rings is 1. The predicted octanol–water partition coefficient (Wildman–Crippen LogP) is 1.96. The van der Waals surface area contributed by atoms with Gasteiger partial charge in [-0.15, -0.1) is 0 Å². The first-order valence-corrected chi connectivity index (χ1v) is 6.34. The summed E-state index contributed by atoms with van der Waals surface area (Å²) in [5.41, 5.74) is 2.38. The molecule has 1 saturated heterocycles. The van der Waals surface area contributed by atoms with Gasteiger partial charge >= 0.3 is 0 Å². The number of rotatable bonds is 4. The summed E-state index contributed by atoms with van der Waals surface area (Å²) < 4.78 is 7.69. The first-order chi connectivity index (χ1) is 8.88. The Balaban J connectivity index is 1.93. The first-order valence-electron chi connectivity index (χ1n) is 6.34. The van der Waals surface area contributed by atoms with Crippen LogP contribution < -0.4 is 10.1 Å². The number of ether oxygens (including phenoxy) is 1. The third-order valence-corrected chi connectivity index (χ3v) is 3.27. The van der Waals surface area contributed by atoms with Crippen molar-refractivity contribution in [2.24, 2.45) is 0 Å². The number of nitrogens with one attached hydrogen (secondary N) is 1. The molecule has 0 atom stereocenters. The molecule has 1 aromatic carbocycles. The van der Waals surface area contributed by atoms with Crippen molar-refractivity contribution in [2.45, 2.75) is 12.8 Å². The Hall–Kier alpha value is -1.81. The molecule has 1 aliphatic heterocycles. The van der Waals surface area contributed by atoms with E-state index in [0.717, 1.165) is 24.5 Å². The van der Waals surface area contributed by atoms with E-state index in [-0.39, 0.29) is 0 Å². The van der Waals surface area contributed by atoms with Crippen LogP contribution in [0.5, 0.6) is 5.75 Å². The van der Waals surface area contributed by atoms with Gasteiger partial charge in [-0.05, 0) is 19.1 Å². The molecule has 3 rings (SSSR count). The SMILES string of the molecule is CCOc1cccc(-n2cncc2C2CNC2)c1. The van der Waals surface area contributed by atoms with Crippen LogP contribution in [0.3, 0.4) is 0 Å². The van der Waals surface area contributed by atoms with E-state index >= 15 is 0 Å². The molecule has 2 heterocycles. The lowest BCUT2D eigenvalue weighted by Gasteiger charge is -2.27. The van der Waals surface area contributed by atoms with Gasteiger partial charge in [-0.2, -0.15) is 0 Å². The quantitative estimate of drug-likeness (QED) is 0.892. The van der Waals surface area contributed by atoms with Crippen molar-refractivity contribution in [1.29, 1.82) is 0 Å². The molecule has 0 saturated carbocycles. The monoisotopic (exact) mass is 243 g/mol. The van der Waals surface area contributed by atoms with Crippen LogP contribution in [-0.2, 0) is 0 Å². The van der Waals surface area contributed by atoms with Gasteiger partial charge in [-0.3, -0.25) is 0 Å². The lowest BCUT2D eigenvalue weighted by Crippen LogP contribution is -2.40. The molecule has 1 fully saturated rings. The van der Waals surface area contributed by atoms with Crippen LogP contribution >= 0.6 is 0 Å². The van der Waals surface area contributed by atoms with Crippen LogP contribution in [0, 0.1) is 0 Å². The van der Waals surface area contributed by atoms with Crippen molar-refractivity contribution < 1.29 is 4.74 Å². The van der Waals surface area contributed by atoms with E-state index in [9.17, 15) is 0 Å². The average Bonchev–Trinajstić information content (AvgIpc) is 2.76. The lowest BCUT2D eigenvalue weighted by molar-refractivity contribution is 0.340. The molecule has 1 aromatic heterocycles. The van der Waals surface area contributed by atoms with Gasteiger partial charge in [0.1, 0.15) is 5.75 Å². The second-order valence-electron chi connectivity index (χ2n) is 4.47. The van der Waals surface area contributed by atoms with Crippen LogP contribution in [0.25, 0.3) is 5.69 Å². The van der Waals surface area contributed by atoms with E-state index in [0.29, 0.717) is 12.5 Å². The minimum atomic E-state index is 0.572. The lowest BCUT2D eigenvalue weighted by atomic mass is 10.00. The number of nitrogens with zero attached hydrogens (tertiary/aromatic N) is 2. The maximum Gasteiger partial charge on any atom is 0.121 e. The van der Waals surface area contributed by atoms with Gasteiger partial charge in [0.2, 0.25) is 0 Å². The van der Waals surface area contributed by atoms with Crippen molar-refractivity contribution >= 4 is 0 Å². The topological polar surface area (TPSA) is 39.1 Å². The maximum absolute atomic E-state index is 5.54. The molecule has 4 nitrogen and oxygen atoms in total. The molecule has 94 valence electrons. The van der Waals surface area contributed by atoms with Gasteiger partial charge in [0.25, 0.3) is 0 Å². The molecular weight excluding hydrogens is 226 g/mol.